The number of hydrogen-bond acceptors (Lipinski definition) is 4. The number of nitrogens with one attached hydrogen (secondary N) is 1. The average molecular weight is 340 g/mol. The molecule has 0 aliphatic heterocycles. The Morgan fingerprint density at radius 1 is 1.25 bits per heavy atom. The van der Waals surface area contributed by atoms with Crippen LogP contribution >= 0.6 is 0 Å². The molecule has 2 aromatic rings. The van der Waals surface area contributed by atoms with Crippen LogP contribution in [0.15, 0.2) is 52.3 Å². The first-order chi connectivity index (χ1) is 11.6. The van der Waals surface area contributed by atoms with Gasteiger partial charge in [-0.25, -0.2) is 4.21 Å². The van der Waals surface area contributed by atoms with E-state index in [-0.39, 0.29) is 17.4 Å². The summed E-state index contributed by atoms with van der Waals surface area (Å²) in [6.07, 6.45) is 1.83. The van der Waals surface area contributed by atoms with Gasteiger partial charge in [-0.05, 0) is 55.3 Å². The van der Waals surface area contributed by atoms with Gasteiger partial charge in [-0.1, -0.05) is 0 Å². The van der Waals surface area contributed by atoms with Gasteiger partial charge in [0.1, 0.15) is 11.8 Å². The van der Waals surface area contributed by atoms with Crippen LogP contribution in [0.4, 0.5) is 5.69 Å². The molecule has 1 N–H and O–H groups in total. The summed E-state index contributed by atoms with van der Waals surface area (Å²) in [5.41, 5.74) is 0.844. The molecule has 0 aromatic heterocycles. The summed E-state index contributed by atoms with van der Waals surface area (Å²) >= 11 is 0. The number of ether oxygens (including phenoxy) is 1. The van der Waals surface area contributed by atoms with Gasteiger partial charge in [0.25, 0.3) is 0 Å². The predicted molar refractivity (Wildman–Crippen MR) is 90.2 cm³/mol. The second kappa shape index (κ2) is 6.85. The summed E-state index contributed by atoms with van der Waals surface area (Å²) in [6.45, 7) is 0. The Hall–Kier alpha value is -2.65. The summed E-state index contributed by atoms with van der Waals surface area (Å²) in [6, 6.07) is 13.8. The van der Waals surface area contributed by atoms with E-state index in [4.69, 9.17) is 4.74 Å². The summed E-state index contributed by atoms with van der Waals surface area (Å²) in [5, 5.41) is 12.2. The van der Waals surface area contributed by atoms with E-state index in [1.54, 1.807) is 49.6 Å². The number of benzene rings is 2. The minimum Gasteiger partial charge on any atom is -0.497 e. The van der Waals surface area contributed by atoms with E-state index in [0.717, 1.165) is 12.8 Å². The Bertz CT molecular complexity index is 836. The smallest absolute Gasteiger partial charge is 0.227 e. The van der Waals surface area contributed by atoms with Crippen LogP contribution in [0.5, 0.6) is 5.75 Å². The van der Waals surface area contributed by atoms with E-state index < -0.39 is 10.8 Å². The molecule has 0 spiro atoms. The van der Waals surface area contributed by atoms with Gasteiger partial charge in [-0.2, -0.15) is 5.26 Å². The third kappa shape index (κ3) is 3.47. The number of hydrogen-bond donors (Lipinski definition) is 1. The molecule has 3 rings (SSSR count). The lowest BCUT2D eigenvalue weighted by molar-refractivity contribution is -0.117. The van der Waals surface area contributed by atoms with Gasteiger partial charge < -0.3 is 10.1 Å². The summed E-state index contributed by atoms with van der Waals surface area (Å²) < 4.78 is 17.8. The van der Waals surface area contributed by atoms with Crippen molar-refractivity contribution in [1.29, 1.82) is 5.26 Å². The molecule has 0 unspecified atom stereocenters. The van der Waals surface area contributed by atoms with Gasteiger partial charge in [0.2, 0.25) is 5.91 Å². The Kier molecular flexibility index (Phi) is 4.63. The molecule has 122 valence electrons. The SMILES string of the molecule is COc1ccc([S@@](=O)c2ccc(NC(=O)C3CC3)cc2C#N)cc1. The molecule has 1 amide bonds. The van der Waals surface area contributed by atoms with Crippen molar-refractivity contribution in [2.24, 2.45) is 5.92 Å². The number of amides is 1. The highest BCUT2D eigenvalue weighted by Gasteiger charge is 2.29. The van der Waals surface area contributed by atoms with Crippen molar-refractivity contribution < 1.29 is 13.7 Å². The van der Waals surface area contributed by atoms with Gasteiger partial charge in [-0.15, -0.1) is 0 Å². The van der Waals surface area contributed by atoms with E-state index in [2.05, 4.69) is 11.4 Å². The summed E-state index contributed by atoms with van der Waals surface area (Å²) in [5.74, 6) is 0.737. The Morgan fingerprint density at radius 3 is 2.54 bits per heavy atom. The molecule has 1 fully saturated rings. The van der Waals surface area contributed by atoms with Gasteiger partial charge in [0, 0.05) is 16.5 Å². The van der Waals surface area contributed by atoms with Crippen LogP contribution in [0.3, 0.4) is 0 Å². The van der Waals surface area contributed by atoms with Crippen LogP contribution < -0.4 is 10.1 Å². The van der Waals surface area contributed by atoms with Gasteiger partial charge >= 0.3 is 0 Å². The van der Waals surface area contributed by atoms with Crippen molar-refractivity contribution in [2.45, 2.75) is 22.6 Å². The van der Waals surface area contributed by atoms with Crippen molar-refractivity contribution in [3.8, 4) is 11.8 Å². The molecule has 2 aromatic carbocycles. The highest BCUT2D eigenvalue weighted by molar-refractivity contribution is 7.85. The lowest BCUT2D eigenvalue weighted by Gasteiger charge is -2.09. The number of nitriles is 1. The van der Waals surface area contributed by atoms with E-state index in [1.807, 2.05) is 0 Å². The van der Waals surface area contributed by atoms with Gasteiger partial charge in [-0.3, -0.25) is 4.79 Å². The third-order valence-corrected chi connectivity index (χ3v) is 5.24. The lowest BCUT2D eigenvalue weighted by Crippen LogP contribution is -2.13. The maximum absolute atomic E-state index is 12.7. The third-order valence-electron chi connectivity index (χ3n) is 3.79. The van der Waals surface area contributed by atoms with Crippen molar-refractivity contribution >= 4 is 22.4 Å². The van der Waals surface area contributed by atoms with E-state index in [1.165, 1.54) is 0 Å². The normalized spacial score (nSPS) is 14.5. The fraction of sp³-hybridized carbons (Fsp3) is 0.222. The zero-order valence-corrected chi connectivity index (χ0v) is 13.9. The first kappa shape index (κ1) is 16.2. The molecule has 1 atom stereocenters. The molecule has 24 heavy (non-hydrogen) atoms. The first-order valence-electron chi connectivity index (χ1n) is 7.53. The lowest BCUT2D eigenvalue weighted by atomic mass is 10.2. The number of rotatable bonds is 5. The number of anilines is 1. The summed E-state index contributed by atoms with van der Waals surface area (Å²) in [7, 11) is 0.0873. The monoisotopic (exact) mass is 340 g/mol. The fourth-order valence-electron chi connectivity index (χ4n) is 2.27. The molecule has 6 heteroatoms. The van der Waals surface area contributed by atoms with Crippen LogP contribution in [0, 0.1) is 17.2 Å². The molecule has 1 saturated carbocycles. The molecule has 1 aliphatic rings. The van der Waals surface area contributed by atoms with E-state index in [0.29, 0.717) is 21.2 Å². The summed E-state index contributed by atoms with van der Waals surface area (Å²) in [4.78, 5) is 12.8. The van der Waals surface area contributed by atoms with Crippen molar-refractivity contribution in [3.63, 3.8) is 0 Å². The maximum atomic E-state index is 12.7. The minimum atomic E-state index is -1.48. The number of carbonyl (C=O) groups excluding carboxylic acids is 1. The highest BCUT2D eigenvalue weighted by atomic mass is 32.2. The largest absolute Gasteiger partial charge is 0.497 e. The van der Waals surface area contributed by atoms with Crippen LogP contribution in [0.25, 0.3) is 0 Å². The average Bonchev–Trinajstić information content (AvgIpc) is 3.46. The zero-order valence-electron chi connectivity index (χ0n) is 13.1. The van der Waals surface area contributed by atoms with Crippen molar-refractivity contribution in [2.75, 3.05) is 12.4 Å². The van der Waals surface area contributed by atoms with E-state index in [9.17, 15) is 14.3 Å². The number of carbonyl (C=O) groups is 1. The Labute approximate surface area is 142 Å². The standard InChI is InChI=1S/C18H16N2O3S/c1-23-15-5-7-16(8-6-15)24(22)17-9-4-14(10-13(17)11-19)20-18(21)12-2-3-12/h4-10,12H,2-3H2,1H3,(H,20,21)/t24-/m1/s1. The fourth-order valence-corrected chi connectivity index (χ4v) is 3.41. The Morgan fingerprint density at radius 2 is 1.96 bits per heavy atom. The van der Waals surface area contributed by atoms with Gasteiger partial charge in [0.15, 0.2) is 0 Å². The molecule has 0 heterocycles. The highest BCUT2D eigenvalue weighted by Crippen LogP contribution is 2.31. The quantitative estimate of drug-likeness (QED) is 0.907. The molecule has 5 nitrogen and oxygen atoms in total. The topological polar surface area (TPSA) is 79.2 Å². The molecule has 0 bridgehead atoms. The molecule has 0 radical (unpaired) electrons. The first-order valence-corrected chi connectivity index (χ1v) is 8.68. The van der Waals surface area contributed by atoms with Crippen LogP contribution in [0.2, 0.25) is 0 Å². The van der Waals surface area contributed by atoms with Crippen molar-refractivity contribution in [3.05, 3.63) is 48.0 Å². The van der Waals surface area contributed by atoms with Crippen molar-refractivity contribution in [1.82, 2.24) is 0 Å². The van der Waals surface area contributed by atoms with Crippen LogP contribution in [-0.4, -0.2) is 17.2 Å². The van der Waals surface area contributed by atoms with E-state index >= 15 is 0 Å². The molecular formula is C18H16N2O3S. The zero-order chi connectivity index (χ0) is 17.1. The van der Waals surface area contributed by atoms with Crippen LogP contribution in [-0.2, 0) is 15.6 Å². The Balaban J connectivity index is 1.85. The molecule has 1 aliphatic carbocycles. The maximum Gasteiger partial charge on any atom is 0.227 e. The number of methoxy groups -OCH3 is 1. The van der Waals surface area contributed by atoms with Gasteiger partial charge in [0.05, 0.1) is 28.4 Å². The van der Waals surface area contributed by atoms with Crippen LogP contribution in [0.1, 0.15) is 18.4 Å². The molecule has 0 saturated heterocycles. The second-order valence-corrected chi connectivity index (χ2v) is 6.98. The predicted octanol–water partition coefficient (Wildman–Crippen LogP) is 3.08. The minimum absolute atomic E-state index is 0.0251. The molecular weight excluding hydrogens is 324 g/mol. The number of nitrogens with zero attached hydrogens (tertiary/aromatic N) is 1. The second-order valence-electron chi connectivity index (χ2n) is 5.53.